The molecular formula is C14H23N3O. The van der Waals surface area contributed by atoms with Crippen LogP contribution in [-0.4, -0.2) is 50.1 Å². The minimum Gasteiger partial charge on any atom is -0.497 e. The van der Waals surface area contributed by atoms with Crippen molar-refractivity contribution < 1.29 is 4.74 Å². The average molecular weight is 249 g/mol. The van der Waals surface area contributed by atoms with E-state index in [2.05, 4.69) is 23.9 Å². The molecule has 0 aliphatic carbocycles. The molecule has 1 fully saturated rings. The fourth-order valence-electron chi connectivity index (χ4n) is 2.46. The molecule has 2 rings (SSSR count). The summed E-state index contributed by atoms with van der Waals surface area (Å²) in [5.74, 6) is 0.877. The van der Waals surface area contributed by atoms with Crippen LogP contribution >= 0.6 is 0 Å². The number of nitrogen functional groups attached to an aromatic ring is 1. The van der Waals surface area contributed by atoms with Gasteiger partial charge in [0, 0.05) is 31.4 Å². The smallest absolute Gasteiger partial charge is 0.119 e. The molecule has 4 heteroatoms. The Balaban J connectivity index is 2.02. The molecule has 18 heavy (non-hydrogen) atoms. The van der Waals surface area contributed by atoms with Crippen LogP contribution in [0, 0.1) is 0 Å². The van der Waals surface area contributed by atoms with Crippen LogP contribution in [0.5, 0.6) is 5.75 Å². The molecule has 0 saturated carbocycles. The molecule has 1 aromatic rings. The zero-order chi connectivity index (χ0) is 13.1. The van der Waals surface area contributed by atoms with E-state index in [1.807, 2.05) is 18.2 Å². The molecule has 1 heterocycles. The normalized spacial score (nSPS) is 20.6. The Morgan fingerprint density at radius 3 is 2.83 bits per heavy atom. The lowest BCUT2D eigenvalue weighted by Gasteiger charge is -2.21. The first-order valence-corrected chi connectivity index (χ1v) is 6.41. The summed E-state index contributed by atoms with van der Waals surface area (Å²) in [6.45, 7) is 3.16. The molecule has 0 radical (unpaired) electrons. The van der Waals surface area contributed by atoms with E-state index in [-0.39, 0.29) is 0 Å². The van der Waals surface area contributed by atoms with Gasteiger partial charge in [0.2, 0.25) is 0 Å². The highest BCUT2D eigenvalue weighted by Gasteiger charge is 2.24. The van der Waals surface area contributed by atoms with E-state index >= 15 is 0 Å². The molecule has 1 aromatic carbocycles. The van der Waals surface area contributed by atoms with Crippen LogP contribution in [0.2, 0.25) is 0 Å². The second-order valence-electron chi connectivity index (χ2n) is 5.21. The van der Waals surface area contributed by atoms with E-state index in [1.54, 1.807) is 7.11 Å². The average Bonchev–Trinajstić information content (AvgIpc) is 2.81. The maximum Gasteiger partial charge on any atom is 0.119 e. The van der Waals surface area contributed by atoms with E-state index in [0.717, 1.165) is 36.6 Å². The van der Waals surface area contributed by atoms with Crippen LogP contribution < -0.4 is 10.5 Å². The first kappa shape index (κ1) is 13.2. The molecule has 0 bridgehead atoms. The molecule has 1 atom stereocenters. The van der Waals surface area contributed by atoms with Crippen molar-refractivity contribution in [2.75, 3.05) is 40.0 Å². The van der Waals surface area contributed by atoms with Crippen molar-refractivity contribution in [3.05, 3.63) is 23.8 Å². The third-order valence-corrected chi connectivity index (χ3v) is 3.72. The number of hydrogen-bond acceptors (Lipinski definition) is 4. The summed E-state index contributed by atoms with van der Waals surface area (Å²) < 4.78 is 5.25. The van der Waals surface area contributed by atoms with Crippen LogP contribution in [0.25, 0.3) is 0 Å². The molecule has 0 amide bonds. The van der Waals surface area contributed by atoms with Gasteiger partial charge in [0.15, 0.2) is 0 Å². The van der Waals surface area contributed by atoms with Crippen LogP contribution in [0.4, 0.5) is 5.69 Å². The van der Waals surface area contributed by atoms with E-state index < -0.39 is 0 Å². The Labute approximate surface area is 109 Å². The predicted octanol–water partition coefficient (Wildman–Crippen LogP) is 1.41. The molecule has 1 saturated heterocycles. The molecule has 1 unspecified atom stereocenters. The number of likely N-dealkylation sites (N-methyl/N-ethyl adjacent to an activating group) is 1. The van der Waals surface area contributed by atoms with Crippen LogP contribution in [-0.2, 0) is 6.54 Å². The Hall–Kier alpha value is -1.26. The van der Waals surface area contributed by atoms with Gasteiger partial charge >= 0.3 is 0 Å². The highest BCUT2D eigenvalue weighted by atomic mass is 16.5. The summed E-state index contributed by atoms with van der Waals surface area (Å²) >= 11 is 0. The summed E-state index contributed by atoms with van der Waals surface area (Å²) in [6, 6.07) is 6.54. The number of ether oxygens (including phenoxy) is 1. The van der Waals surface area contributed by atoms with Gasteiger partial charge in [-0.2, -0.15) is 0 Å². The number of likely N-dealkylation sites (tertiary alicyclic amines) is 1. The summed E-state index contributed by atoms with van der Waals surface area (Å²) in [6.07, 6.45) is 1.23. The van der Waals surface area contributed by atoms with Gasteiger partial charge in [-0.1, -0.05) is 0 Å². The van der Waals surface area contributed by atoms with E-state index in [0.29, 0.717) is 6.04 Å². The summed E-state index contributed by atoms with van der Waals surface area (Å²) in [7, 11) is 5.98. The van der Waals surface area contributed by atoms with Gasteiger partial charge in [0.1, 0.15) is 5.75 Å². The second-order valence-corrected chi connectivity index (χ2v) is 5.21. The topological polar surface area (TPSA) is 41.7 Å². The monoisotopic (exact) mass is 249 g/mol. The minimum atomic E-state index is 0.664. The van der Waals surface area contributed by atoms with Gasteiger partial charge in [-0.05, 0) is 44.3 Å². The number of nitrogens with zero attached hydrogens (tertiary/aromatic N) is 2. The number of rotatable bonds is 4. The van der Waals surface area contributed by atoms with Crippen LogP contribution in [0.1, 0.15) is 12.0 Å². The lowest BCUT2D eigenvalue weighted by Crippen LogP contribution is -2.31. The Kier molecular flexibility index (Phi) is 4.09. The number of methoxy groups -OCH3 is 1. The van der Waals surface area contributed by atoms with Crippen molar-refractivity contribution in [3.63, 3.8) is 0 Å². The quantitative estimate of drug-likeness (QED) is 0.819. The molecule has 1 aliphatic rings. The van der Waals surface area contributed by atoms with Gasteiger partial charge < -0.3 is 15.4 Å². The molecule has 1 aliphatic heterocycles. The molecule has 2 N–H and O–H groups in total. The van der Waals surface area contributed by atoms with Gasteiger partial charge in [0.05, 0.1) is 7.11 Å². The van der Waals surface area contributed by atoms with E-state index in [9.17, 15) is 0 Å². The third-order valence-electron chi connectivity index (χ3n) is 3.72. The van der Waals surface area contributed by atoms with Crippen LogP contribution in [0.3, 0.4) is 0 Å². The van der Waals surface area contributed by atoms with Crippen molar-refractivity contribution >= 4 is 5.69 Å². The maximum absolute atomic E-state index is 6.02. The van der Waals surface area contributed by atoms with Crippen molar-refractivity contribution in [3.8, 4) is 5.75 Å². The zero-order valence-corrected chi connectivity index (χ0v) is 11.5. The molecule has 0 spiro atoms. The van der Waals surface area contributed by atoms with Crippen molar-refractivity contribution in [2.45, 2.75) is 19.0 Å². The Morgan fingerprint density at radius 1 is 1.44 bits per heavy atom. The highest BCUT2D eigenvalue weighted by Crippen LogP contribution is 2.23. The molecular weight excluding hydrogens is 226 g/mol. The predicted molar refractivity (Wildman–Crippen MR) is 74.8 cm³/mol. The van der Waals surface area contributed by atoms with Gasteiger partial charge in [-0.25, -0.2) is 0 Å². The van der Waals surface area contributed by atoms with E-state index in [4.69, 9.17) is 10.5 Å². The minimum absolute atomic E-state index is 0.664. The van der Waals surface area contributed by atoms with Crippen molar-refractivity contribution in [1.82, 2.24) is 9.80 Å². The lowest BCUT2D eigenvalue weighted by atomic mass is 10.1. The molecule has 100 valence electrons. The third kappa shape index (κ3) is 2.94. The summed E-state index contributed by atoms with van der Waals surface area (Å²) in [4.78, 5) is 4.75. The van der Waals surface area contributed by atoms with Crippen molar-refractivity contribution in [2.24, 2.45) is 0 Å². The summed E-state index contributed by atoms with van der Waals surface area (Å²) in [5.41, 5.74) is 8.04. The molecule has 4 nitrogen and oxygen atoms in total. The Morgan fingerprint density at radius 2 is 2.22 bits per heavy atom. The van der Waals surface area contributed by atoms with E-state index in [1.165, 1.54) is 6.42 Å². The second kappa shape index (κ2) is 5.59. The largest absolute Gasteiger partial charge is 0.497 e. The molecule has 0 aromatic heterocycles. The number of nitrogens with two attached hydrogens (primary N) is 1. The number of hydrogen-bond donors (Lipinski definition) is 1. The first-order chi connectivity index (χ1) is 8.60. The highest BCUT2D eigenvalue weighted by molar-refractivity contribution is 5.50. The van der Waals surface area contributed by atoms with Crippen LogP contribution in [0.15, 0.2) is 18.2 Å². The fourth-order valence-corrected chi connectivity index (χ4v) is 2.46. The Bertz CT molecular complexity index is 406. The van der Waals surface area contributed by atoms with Gasteiger partial charge in [-0.15, -0.1) is 0 Å². The lowest BCUT2D eigenvalue weighted by molar-refractivity contribution is 0.264. The zero-order valence-electron chi connectivity index (χ0n) is 11.5. The van der Waals surface area contributed by atoms with Gasteiger partial charge in [0.25, 0.3) is 0 Å². The fraction of sp³-hybridized carbons (Fsp3) is 0.571. The summed E-state index contributed by atoms with van der Waals surface area (Å²) in [5, 5.41) is 0. The van der Waals surface area contributed by atoms with Crippen molar-refractivity contribution in [1.29, 1.82) is 0 Å². The first-order valence-electron chi connectivity index (χ1n) is 6.41. The maximum atomic E-state index is 6.02. The number of benzene rings is 1. The standard InChI is InChI=1S/C14H23N3O/c1-16(2)12-6-7-17(10-12)9-11-8-13(18-3)4-5-14(11)15/h4-5,8,12H,6-7,9-10,15H2,1-3H3. The SMILES string of the molecule is COc1ccc(N)c(CN2CCC(N(C)C)C2)c1. The van der Waals surface area contributed by atoms with Gasteiger partial charge in [-0.3, -0.25) is 4.90 Å². The number of anilines is 1.